The number of rotatable bonds is 15. The third kappa shape index (κ3) is 13.1. The predicted molar refractivity (Wildman–Crippen MR) is 128 cm³/mol. The molecule has 3 unspecified atom stereocenters. The molecular weight excluding hydrogens is 392 g/mol. The molecule has 0 aromatic carbocycles. The molecule has 0 aromatic heterocycles. The fourth-order valence-electron chi connectivity index (χ4n) is 3.44. The molecule has 0 aliphatic heterocycles. The standard InChI is InChI=1S/C25H50N2O4/c1-15(2)14-22(24(28)30-18(7)8)27-19(9)12-13-20(10)31-25(29)23(26-17(5)6)21(11)16(3)4/h15-23,26-27H,12-14H2,1-11H3/t19?,20?,21-,22?,23-/m1/s1. The summed E-state index contributed by atoms with van der Waals surface area (Å²) < 4.78 is 11.2. The Morgan fingerprint density at radius 3 is 1.77 bits per heavy atom. The van der Waals surface area contributed by atoms with E-state index in [0.29, 0.717) is 11.8 Å². The number of carbonyl (C=O) groups is 2. The number of hydrogen-bond acceptors (Lipinski definition) is 6. The average molecular weight is 443 g/mol. The van der Waals surface area contributed by atoms with E-state index in [1.54, 1.807) is 0 Å². The van der Waals surface area contributed by atoms with Crippen LogP contribution in [0.5, 0.6) is 0 Å². The molecule has 0 saturated heterocycles. The Morgan fingerprint density at radius 1 is 0.742 bits per heavy atom. The first-order chi connectivity index (χ1) is 14.2. The molecule has 0 amide bonds. The van der Waals surface area contributed by atoms with Crippen molar-refractivity contribution < 1.29 is 19.1 Å². The van der Waals surface area contributed by atoms with Crippen molar-refractivity contribution in [1.29, 1.82) is 0 Å². The molecule has 184 valence electrons. The fourth-order valence-corrected chi connectivity index (χ4v) is 3.44. The van der Waals surface area contributed by atoms with E-state index in [0.717, 1.165) is 19.3 Å². The molecule has 5 atom stereocenters. The Balaban J connectivity index is 4.77. The molecule has 31 heavy (non-hydrogen) atoms. The second kappa shape index (κ2) is 14.8. The van der Waals surface area contributed by atoms with Crippen molar-refractivity contribution in [3.05, 3.63) is 0 Å². The van der Waals surface area contributed by atoms with Gasteiger partial charge in [0.2, 0.25) is 0 Å². The topological polar surface area (TPSA) is 76.7 Å². The molecule has 0 aliphatic rings. The number of nitrogens with one attached hydrogen (secondary N) is 2. The van der Waals surface area contributed by atoms with Gasteiger partial charge in [-0.2, -0.15) is 0 Å². The van der Waals surface area contributed by atoms with Gasteiger partial charge in [-0.05, 0) is 64.7 Å². The van der Waals surface area contributed by atoms with Crippen molar-refractivity contribution in [2.75, 3.05) is 0 Å². The molecule has 2 N–H and O–H groups in total. The summed E-state index contributed by atoms with van der Waals surface area (Å²) in [5.41, 5.74) is 0. The molecule has 0 bridgehead atoms. The van der Waals surface area contributed by atoms with Gasteiger partial charge in [-0.3, -0.25) is 9.59 Å². The maximum absolute atomic E-state index is 12.8. The average Bonchev–Trinajstić information content (AvgIpc) is 2.62. The first-order valence-corrected chi connectivity index (χ1v) is 12.2. The van der Waals surface area contributed by atoms with Crippen LogP contribution < -0.4 is 10.6 Å². The van der Waals surface area contributed by atoms with Crippen LogP contribution in [0.2, 0.25) is 0 Å². The quantitative estimate of drug-likeness (QED) is 0.358. The zero-order chi connectivity index (χ0) is 24.3. The van der Waals surface area contributed by atoms with Crippen molar-refractivity contribution in [3.63, 3.8) is 0 Å². The van der Waals surface area contributed by atoms with Crippen LogP contribution in [0.4, 0.5) is 0 Å². The smallest absolute Gasteiger partial charge is 0.323 e. The summed E-state index contributed by atoms with van der Waals surface area (Å²) in [5, 5.41) is 6.78. The number of hydrogen-bond donors (Lipinski definition) is 2. The van der Waals surface area contributed by atoms with Crippen LogP contribution in [-0.4, -0.2) is 48.3 Å². The van der Waals surface area contributed by atoms with Gasteiger partial charge in [0.1, 0.15) is 12.1 Å². The summed E-state index contributed by atoms with van der Waals surface area (Å²) in [5.74, 6) is 0.581. The molecule has 6 heteroatoms. The van der Waals surface area contributed by atoms with Crippen LogP contribution >= 0.6 is 0 Å². The minimum absolute atomic E-state index is 0.115. The minimum Gasteiger partial charge on any atom is -0.462 e. The Kier molecular flexibility index (Phi) is 14.3. The summed E-state index contributed by atoms with van der Waals surface area (Å²) in [6, 6.07) is -0.299. The zero-order valence-corrected chi connectivity index (χ0v) is 22.0. The van der Waals surface area contributed by atoms with E-state index in [1.807, 2.05) is 34.6 Å². The third-order valence-electron chi connectivity index (χ3n) is 5.50. The molecular formula is C25H50N2O4. The molecule has 0 aromatic rings. The maximum atomic E-state index is 12.8. The summed E-state index contributed by atoms with van der Waals surface area (Å²) in [6.45, 7) is 22.4. The van der Waals surface area contributed by atoms with Gasteiger partial charge in [-0.1, -0.05) is 48.5 Å². The summed E-state index contributed by atoms with van der Waals surface area (Å²) in [6.07, 6.45) is 1.96. The van der Waals surface area contributed by atoms with Gasteiger partial charge in [-0.15, -0.1) is 0 Å². The van der Waals surface area contributed by atoms with Gasteiger partial charge in [0.15, 0.2) is 0 Å². The SMILES string of the molecule is CC(C)CC(NC(C)CCC(C)OC(=O)[C@H](NC(C)C)[C@H](C)C(C)C)C(=O)OC(C)C. The van der Waals surface area contributed by atoms with Gasteiger partial charge in [0.25, 0.3) is 0 Å². The lowest BCUT2D eigenvalue weighted by molar-refractivity contribution is -0.153. The van der Waals surface area contributed by atoms with E-state index in [-0.39, 0.29) is 54.2 Å². The van der Waals surface area contributed by atoms with Crippen molar-refractivity contribution in [3.8, 4) is 0 Å². The van der Waals surface area contributed by atoms with Crippen LogP contribution in [0, 0.1) is 17.8 Å². The van der Waals surface area contributed by atoms with E-state index >= 15 is 0 Å². The number of esters is 2. The van der Waals surface area contributed by atoms with Crippen LogP contribution in [0.25, 0.3) is 0 Å². The zero-order valence-electron chi connectivity index (χ0n) is 22.0. The summed E-state index contributed by atoms with van der Waals surface area (Å²) >= 11 is 0. The lowest BCUT2D eigenvalue weighted by Gasteiger charge is -2.29. The van der Waals surface area contributed by atoms with Crippen LogP contribution in [0.3, 0.4) is 0 Å². The number of ether oxygens (including phenoxy) is 2. The summed E-state index contributed by atoms with van der Waals surface area (Å²) in [7, 11) is 0. The third-order valence-corrected chi connectivity index (χ3v) is 5.50. The van der Waals surface area contributed by atoms with Gasteiger partial charge in [0, 0.05) is 12.1 Å². The Hall–Kier alpha value is -1.14. The first-order valence-electron chi connectivity index (χ1n) is 12.2. The normalized spacial score (nSPS) is 17.0. The van der Waals surface area contributed by atoms with Crippen molar-refractivity contribution in [2.45, 2.75) is 132 Å². The highest BCUT2D eigenvalue weighted by Crippen LogP contribution is 2.18. The Bertz CT molecular complexity index is 520. The fraction of sp³-hybridized carbons (Fsp3) is 0.920. The highest BCUT2D eigenvalue weighted by molar-refractivity contribution is 5.76. The van der Waals surface area contributed by atoms with E-state index in [9.17, 15) is 9.59 Å². The van der Waals surface area contributed by atoms with Crippen LogP contribution in [-0.2, 0) is 19.1 Å². The highest BCUT2D eigenvalue weighted by atomic mass is 16.5. The Morgan fingerprint density at radius 2 is 1.32 bits per heavy atom. The van der Waals surface area contributed by atoms with Crippen molar-refractivity contribution >= 4 is 11.9 Å². The van der Waals surface area contributed by atoms with Crippen LogP contribution in [0.15, 0.2) is 0 Å². The number of carbonyl (C=O) groups excluding carboxylic acids is 2. The van der Waals surface area contributed by atoms with Crippen molar-refractivity contribution in [1.82, 2.24) is 10.6 Å². The molecule has 0 spiro atoms. The van der Waals surface area contributed by atoms with E-state index in [1.165, 1.54) is 0 Å². The first kappa shape index (κ1) is 29.9. The second-order valence-electron chi connectivity index (χ2n) is 10.5. The monoisotopic (exact) mass is 442 g/mol. The molecule has 0 radical (unpaired) electrons. The molecule has 0 aliphatic carbocycles. The second-order valence-corrected chi connectivity index (χ2v) is 10.5. The van der Waals surface area contributed by atoms with E-state index < -0.39 is 0 Å². The molecule has 0 saturated carbocycles. The lowest BCUT2D eigenvalue weighted by Crippen LogP contribution is -2.48. The Labute approximate surface area is 191 Å². The minimum atomic E-state index is -0.318. The lowest BCUT2D eigenvalue weighted by atomic mass is 9.90. The molecule has 0 heterocycles. The van der Waals surface area contributed by atoms with Crippen molar-refractivity contribution in [2.24, 2.45) is 17.8 Å². The van der Waals surface area contributed by atoms with E-state index in [2.05, 4.69) is 52.2 Å². The predicted octanol–water partition coefficient (Wildman–Crippen LogP) is 4.70. The summed E-state index contributed by atoms with van der Waals surface area (Å²) in [4.78, 5) is 25.2. The molecule has 0 fully saturated rings. The molecule has 0 rings (SSSR count). The van der Waals surface area contributed by atoms with E-state index in [4.69, 9.17) is 9.47 Å². The largest absolute Gasteiger partial charge is 0.462 e. The van der Waals surface area contributed by atoms with Gasteiger partial charge >= 0.3 is 11.9 Å². The van der Waals surface area contributed by atoms with Gasteiger partial charge in [-0.25, -0.2) is 0 Å². The van der Waals surface area contributed by atoms with Gasteiger partial charge in [0.05, 0.1) is 12.2 Å². The van der Waals surface area contributed by atoms with Crippen LogP contribution in [0.1, 0.15) is 95.4 Å². The highest BCUT2D eigenvalue weighted by Gasteiger charge is 2.30. The maximum Gasteiger partial charge on any atom is 0.323 e. The van der Waals surface area contributed by atoms with Gasteiger partial charge < -0.3 is 20.1 Å². The molecule has 6 nitrogen and oxygen atoms in total.